The second-order valence-corrected chi connectivity index (χ2v) is 4.60. The smallest absolute Gasteiger partial charge is 0.123 e. The Kier molecular flexibility index (Phi) is 1.87. The van der Waals surface area contributed by atoms with E-state index in [-0.39, 0.29) is 0 Å². The molecule has 3 heteroatoms. The summed E-state index contributed by atoms with van der Waals surface area (Å²) in [5.41, 5.74) is 2.90. The Labute approximate surface area is 84.5 Å². The first-order valence-corrected chi connectivity index (χ1v) is 5.62. The number of hydrogen-bond donors (Lipinski definition) is 1. The van der Waals surface area contributed by atoms with Crippen LogP contribution in [0.3, 0.4) is 0 Å². The molecule has 14 heavy (non-hydrogen) atoms. The molecular weight excluding hydrogens is 174 g/mol. The number of nitrogens with zero attached hydrogens (tertiary/aromatic N) is 2. The van der Waals surface area contributed by atoms with Crippen LogP contribution < -0.4 is 5.32 Å². The van der Waals surface area contributed by atoms with Crippen LogP contribution in [-0.2, 0) is 25.9 Å². The van der Waals surface area contributed by atoms with E-state index < -0.39 is 0 Å². The maximum absolute atomic E-state index is 4.74. The normalized spacial score (nSPS) is 25.6. The summed E-state index contributed by atoms with van der Waals surface area (Å²) in [6.45, 7) is 5.51. The van der Waals surface area contributed by atoms with Crippen molar-refractivity contribution in [2.75, 3.05) is 6.54 Å². The number of nitrogens with one attached hydrogen (secondary N) is 1. The van der Waals surface area contributed by atoms with Gasteiger partial charge in [0.1, 0.15) is 5.82 Å². The van der Waals surface area contributed by atoms with Crippen molar-refractivity contribution in [2.24, 2.45) is 5.92 Å². The van der Waals surface area contributed by atoms with E-state index in [9.17, 15) is 0 Å². The van der Waals surface area contributed by atoms with Gasteiger partial charge in [-0.1, -0.05) is 6.92 Å². The van der Waals surface area contributed by atoms with Gasteiger partial charge in [-0.2, -0.15) is 0 Å². The third kappa shape index (κ3) is 1.19. The Morgan fingerprint density at radius 2 is 2.43 bits per heavy atom. The van der Waals surface area contributed by atoms with Gasteiger partial charge in [-0.25, -0.2) is 4.98 Å². The zero-order chi connectivity index (χ0) is 9.54. The fourth-order valence-electron chi connectivity index (χ4n) is 2.64. The van der Waals surface area contributed by atoms with Crippen molar-refractivity contribution < 1.29 is 0 Å². The van der Waals surface area contributed by atoms with Crippen LogP contribution in [-0.4, -0.2) is 16.1 Å². The minimum Gasteiger partial charge on any atom is -0.329 e. The molecule has 0 fully saturated rings. The number of rotatable bonds is 0. The molecule has 1 atom stereocenters. The average molecular weight is 191 g/mol. The number of fused-ring (bicyclic) bond motifs is 3. The van der Waals surface area contributed by atoms with Crippen LogP contribution in [0.25, 0.3) is 0 Å². The molecule has 1 aliphatic carbocycles. The molecule has 0 radical (unpaired) electrons. The third-order valence-corrected chi connectivity index (χ3v) is 3.45. The number of imidazole rings is 1. The third-order valence-electron chi connectivity index (χ3n) is 3.45. The minimum atomic E-state index is 0.826. The first kappa shape index (κ1) is 8.48. The molecule has 2 aliphatic rings. The lowest BCUT2D eigenvalue weighted by Gasteiger charge is -2.21. The second-order valence-electron chi connectivity index (χ2n) is 4.60. The SMILES string of the molecule is CC1CCc2c(nc3n2CCNC3)C1. The summed E-state index contributed by atoms with van der Waals surface area (Å²) < 4.78 is 2.44. The molecule has 3 nitrogen and oxygen atoms in total. The van der Waals surface area contributed by atoms with Gasteiger partial charge in [-0.3, -0.25) is 0 Å². The molecule has 0 saturated carbocycles. The fraction of sp³-hybridized carbons (Fsp3) is 0.727. The summed E-state index contributed by atoms with van der Waals surface area (Å²) >= 11 is 0. The average Bonchev–Trinajstić information content (AvgIpc) is 2.54. The van der Waals surface area contributed by atoms with Gasteiger partial charge in [0.25, 0.3) is 0 Å². The fourth-order valence-corrected chi connectivity index (χ4v) is 2.64. The predicted molar refractivity (Wildman–Crippen MR) is 55.1 cm³/mol. The first-order valence-electron chi connectivity index (χ1n) is 5.62. The van der Waals surface area contributed by atoms with Gasteiger partial charge < -0.3 is 9.88 Å². The zero-order valence-electron chi connectivity index (χ0n) is 8.71. The number of hydrogen-bond acceptors (Lipinski definition) is 2. The molecule has 1 unspecified atom stereocenters. The summed E-state index contributed by atoms with van der Waals surface area (Å²) in [5.74, 6) is 2.09. The van der Waals surface area contributed by atoms with Gasteiger partial charge in [0.15, 0.2) is 0 Å². The van der Waals surface area contributed by atoms with Crippen molar-refractivity contribution in [2.45, 2.75) is 39.3 Å². The highest BCUT2D eigenvalue weighted by molar-refractivity contribution is 5.21. The van der Waals surface area contributed by atoms with Crippen molar-refractivity contribution in [1.82, 2.24) is 14.9 Å². The Bertz CT molecular complexity index is 354. The standard InChI is InChI=1S/C11H17N3/c1-8-2-3-10-9(6-8)13-11-7-12-4-5-14(10)11/h8,12H,2-7H2,1H3. The van der Waals surface area contributed by atoms with Crippen LogP contribution in [0.5, 0.6) is 0 Å². The zero-order valence-corrected chi connectivity index (χ0v) is 8.71. The Morgan fingerprint density at radius 1 is 1.50 bits per heavy atom. The molecular formula is C11H17N3. The number of aromatic nitrogens is 2. The summed E-state index contributed by atoms with van der Waals surface area (Å²) in [6, 6.07) is 0. The van der Waals surface area contributed by atoms with Crippen molar-refractivity contribution in [3.63, 3.8) is 0 Å². The van der Waals surface area contributed by atoms with E-state index >= 15 is 0 Å². The minimum absolute atomic E-state index is 0.826. The topological polar surface area (TPSA) is 29.9 Å². The van der Waals surface area contributed by atoms with E-state index in [0.29, 0.717) is 0 Å². The van der Waals surface area contributed by atoms with Crippen LogP contribution in [0.1, 0.15) is 30.6 Å². The molecule has 1 aliphatic heterocycles. The van der Waals surface area contributed by atoms with E-state index in [4.69, 9.17) is 4.98 Å². The first-order chi connectivity index (χ1) is 6.84. The van der Waals surface area contributed by atoms with E-state index in [0.717, 1.165) is 25.6 Å². The summed E-state index contributed by atoms with van der Waals surface area (Å²) in [4.78, 5) is 4.74. The molecule has 0 amide bonds. The van der Waals surface area contributed by atoms with Gasteiger partial charge in [-0.05, 0) is 25.2 Å². The molecule has 76 valence electrons. The molecule has 0 bridgehead atoms. The van der Waals surface area contributed by atoms with Crippen LogP contribution >= 0.6 is 0 Å². The summed E-state index contributed by atoms with van der Waals surface area (Å²) in [7, 11) is 0. The maximum atomic E-state index is 4.74. The molecule has 3 rings (SSSR count). The van der Waals surface area contributed by atoms with Crippen LogP contribution in [0.2, 0.25) is 0 Å². The lowest BCUT2D eigenvalue weighted by molar-refractivity contribution is 0.459. The maximum Gasteiger partial charge on any atom is 0.123 e. The molecule has 1 N–H and O–H groups in total. The summed E-state index contributed by atoms with van der Waals surface area (Å²) in [5, 5.41) is 3.38. The van der Waals surface area contributed by atoms with Crippen molar-refractivity contribution in [3.8, 4) is 0 Å². The summed E-state index contributed by atoms with van der Waals surface area (Å²) in [6.07, 6.45) is 3.77. The van der Waals surface area contributed by atoms with E-state index in [1.807, 2.05) is 0 Å². The van der Waals surface area contributed by atoms with E-state index in [1.165, 1.54) is 36.5 Å². The highest BCUT2D eigenvalue weighted by atomic mass is 15.2. The Morgan fingerprint density at radius 3 is 3.36 bits per heavy atom. The Hall–Kier alpha value is -0.830. The molecule has 1 aromatic heterocycles. The van der Waals surface area contributed by atoms with Crippen LogP contribution in [0.4, 0.5) is 0 Å². The van der Waals surface area contributed by atoms with Crippen LogP contribution in [0, 0.1) is 5.92 Å². The molecule has 0 saturated heterocycles. The quantitative estimate of drug-likeness (QED) is 0.666. The highest BCUT2D eigenvalue weighted by Gasteiger charge is 2.24. The van der Waals surface area contributed by atoms with Gasteiger partial charge in [-0.15, -0.1) is 0 Å². The highest BCUT2D eigenvalue weighted by Crippen LogP contribution is 2.26. The lowest BCUT2D eigenvalue weighted by atomic mass is 9.91. The molecule has 0 spiro atoms. The monoisotopic (exact) mass is 191 g/mol. The van der Waals surface area contributed by atoms with Gasteiger partial charge in [0.2, 0.25) is 0 Å². The Balaban J connectivity index is 2.04. The predicted octanol–water partition coefficient (Wildman–Crippen LogP) is 1.11. The largest absolute Gasteiger partial charge is 0.329 e. The molecule has 1 aromatic rings. The van der Waals surface area contributed by atoms with Crippen molar-refractivity contribution in [3.05, 3.63) is 17.2 Å². The van der Waals surface area contributed by atoms with Gasteiger partial charge in [0.05, 0.1) is 12.2 Å². The second kappa shape index (κ2) is 3.09. The lowest BCUT2D eigenvalue weighted by Crippen LogP contribution is -2.29. The van der Waals surface area contributed by atoms with E-state index in [1.54, 1.807) is 0 Å². The van der Waals surface area contributed by atoms with Gasteiger partial charge >= 0.3 is 0 Å². The molecule has 0 aromatic carbocycles. The van der Waals surface area contributed by atoms with Crippen LogP contribution in [0.15, 0.2) is 0 Å². The van der Waals surface area contributed by atoms with Crippen molar-refractivity contribution >= 4 is 0 Å². The van der Waals surface area contributed by atoms with E-state index in [2.05, 4.69) is 16.8 Å². The van der Waals surface area contributed by atoms with Crippen molar-refractivity contribution in [1.29, 1.82) is 0 Å². The van der Waals surface area contributed by atoms with Gasteiger partial charge in [0, 0.05) is 18.8 Å². The molecule has 2 heterocycles.